The minimum Gasteiger partial charge on any atom is -0.379 e. The first-order valence-corrected chi connectivity index (χ1v) is 7.42. The average molecular weight is 306 g/mol. The number of ether oxygens (including phenoxy) is 1. The fourth-order valence-electron chi connectivity index (χ4n) is 3.19. The summed E-state index contributed by atoms with van der Waals surface area (Å²) in [5.41, 5.74) is 1.05. The third-order valence-corrected chi connectivity index (χ3v) is 4.62. The molecule has 1 unspecified atom stereocenters. The van der Waals surface area contributed by atoms with Crippen LogP contribution in [0.15, 0.2) is 12.1 Å². The topological polar surface area (TPSA) is 67.4 Å². The zero-order chi connectivity index (χ0) is 15.7. The van der Waals surface area contributed by atoms with Crippen LogP contribution >= 0.6 is 0 Å². The fraction of sp³-hybridized carbons (Fsp3) is 0.500. The first-order valence-electron chi connectivity index (χ1n) is 7.42. The van der Waals surface area contributed by atoms with Gasteiger partial charge in [0.15, 0.2) is 0 Å². The molecule has 1 amide bonds. The summed E-state index contributed by atoms with van der Waals surface area (Å²) in [4.78, 5) is 23.4. The first kappa shape index (κ1) is 15.1. The van der Waals surface area contributed by atoms with E-state index in [1.54, 1.807) is 13.1 Å². The molecule has 2 atom stereocenters. The van der Waals surface area contributed by atoms with Gasteiger partial charge in [-0.05, 0) is 43.1 Å². The predicted molar refractivity (Wildman–Crippen MR) is 79.2 cm³/mol. The molecule has 22 heavy (non-hydrogen) atoms. The van der Waals surface area contributed by atoms with Gasteiger partial charge in [-0.15, -0.1) is 0 Å². The molecule has 0 saturated carbocycles. The van der Waals surface area contributed by atoms with Crippen LogP contribution in [-0.2, 0) is 27.2 Å². The van der Waals surface area contributed by atoms with E-state index in [-0.39, 0.29) is 17.6 Å². The molecule has 6 heteroatoms. The minimum atomic E-state index is -0.763. The second kappa shape index (κ2) is 5.78. The van der Waals surface area contributed by atoms with E-state index < -0.39 is 5.54 Å². The zero-order valence-corrected chi connectivity index (χ0v) is 12.4. The highest BCUT2D eigenvalue weighted by Crippen LogP contribution is 2.31. The number of anilines is 1. The number of carbonyl (C=O) groups is 2. The van der Waals surface area contributed by atoms with E-state index in [1.165, 1.54) is 6.07 Å². The van der Waals surface area contributed by atoms with Crippen molar-refractivity contribution >= 4 is 17.9 Å². The molecule has 0 spiro atoms. The number of benzene rings is 1. The van der Waals surface area contributed by atoms with E-state index in [9.17, 15) is 14.0 Å². The van der Waals surface area contributed by atoms with Crippen LogP contribution in [-0.4, -0.2) is 38.0 Å². The van der Waals surface area contributed by atoms with Crippen molar-refractivity contribution in [2.75, 3.05) is 25.6 Å². The van der Waals surface area contributed by atoms with Crippen molar-refractivity contribution in [3.8, 4) is 0 Å². The molecule has 2 aliphatic rings. The maximum absolute atomic E-state index is 14.2. The number of aldehydes is 1. The van der Waals surface area contributed by atoms with Crippen LogP contribution in [0.2, 0.25) is 0 Å². The summed E-state index contributed by atoms with van der Waals surface area (Å²) < 4.78 is 19.5. The number of rotatable bonds is 4. The number of amides is 1. The summed E-state index contributed by atoms with van der Waals surface area (Å²) in [7, 11) is 1.71. The molecular weight excluding hydrogens is 287 g/mol. The van der Waals surface area contributed by atoms with Gasteiger partial charge in [-0.1, -0.05) is 0 Å². The van der Waals surface area contributed by atoms with Crippen molar-refractivity contribution in [1.29, 1.82) is 0 Å². The molecule has 5 nitrogen and oxygen atoms in total. The maximum Gasteiger partial charge on any atom is 0.247 e. The Morgan fingerprint density at radius 1 is 1.45 bits per heavy atom. The van der Waals surface area contributed by atoms with E-state index in [0.29, 0.717) is 43.7 Å². The Bertz CT molecular complexity index is 612. The van der Waals surface area contributed by atoms with Crippen molar-refractivity contribution in [3.05, 3.63) is 29.1 Å². The quantitative estimate of drug-likeness (QED) is 0.816. The van der Waals surface area contributed by atoms with E-state index in [0.717, 1.165) is 11.8 Å². The SMILES string of the molecule is CN[C@]1(C(=O)Nc2cc(F)c3c(c2)CC(C=O)C3)CCOC1. The lowest BCUT2D eigenvalue weighted by molar-refractivity contribution is -0.122. The second-order valence-electron chi connectivity index (χ2n) is 5.99. The van der Waals surface area contributed by atoms with Gasteiger partial charge in [-0.2, -0.15) is 0 Å². The summed E-state index contributed by atoms with van der Waals surface area (Å²) >= 11 is 0. The van der Waals surface area contributed by atoms with Crippen LogP contribution in [0.25, 0.3) is 0 Å². The number of likely N-dealkylation sites (N-methyl/N-ethyl adjacent to an activating group) is 1. The Kier molecular flexibility index (Phi) is 3.97. The van der Waals surface area contributed by atoms with Crippen LogP contribution in [0.1, 0.15) is 17.5 Å². The molecule has 1 aromatic rings. The van der Waals surface area contributed by atoms with Gasteiger partial charge < -0.3 is 20.2 Å². The molecular formula is C16H19FN2O3. The van der Waals surface area contributed by atoms with Crippen LogP contribution in [0.4, 0.5) is 10.1 Å². The molecule has 2 N–H and O–H groups in total. The van der Waals surface area contributed by atoms with E-state index in [2.05, 4.69) is 10.6 Å². The Balaban J connectivity index is 1.81. The predicted octanol–water partition coefficient (Wildman–Crippen LogP) is 1.06. The number of fused-ring (bicyclic) bond motifs is 1. The van der Waals surface area contributed by atoms with Crippen molar-refractivity contribution in [2.24, 2.45) is 5.92 Å². The Morgan fingerprint density at radius 3 is 2.91 bits per heavy atom. The normalized spacial score (nSPS) is 26.7. The Labute approximate surface area is 128 Å². The largest absolute Gasteiger partial charge is 0.379 e. The van der Waals surface area contributed by atoms with E-state index >= 15 is 0 Å². The first-order chi connectivity index (χ1) is 10.6. The second-order valence-corrected chi connectivity index (χ2v) is 5.99. The lowest BCUT2D eigenvalue weighted by atomic mass is 9.97. The molecule has 1 aromatic carbocycles. The van der Waals surface area contributed by atoms with Gasteiger partial charge in [-0.25, -0.2) is 4.39 Å². The van der Waals surface area contributed by atoms with Crippen LogP contribution in [0, 0.1) is 11.7 Å². The van der Waals surface area contributed by atoms with Gasteiger partial charge in [0.25, 0.3) is 0 Å². The molecule has 1 fully saturated rings. The molecule has 1 aliphatic heterocycles. The Morgan fingerprint density at radius 2 is 2.27 bits per heavy atom. The highest BCUT2D eigenvalue weighted by molar-refractivity contribution is 5.98. The minimum absolute atomic E-state index is 0.165. The number of carbonyl (C=O) groups excluding carboxylic acids is 2. The van der Waals surface area contributed by atoms with E-state index in [4.69, 9.17) is 4.74 Å². The standard InChI is InChI=1S/C16H19FN2O3/c1-18-16(2-3-22-9-16)15(21)19-12-6-11-4-10(8-20)5-13(11)14(17)7-12/h6-8,10,18H,2-5,9H2,1H3,(H,19,21)/t10?,16-/m1/s1. The monoisotopic (exact) mass is 306 g/mol. The summed E-state index contributed by atoms with van der Waals surface area (Å²) in [6.45, 7) is 0.823. The van der Waals surface area contributed by atoms with Crippen molar-refractivity contribution in [3.63, 3.8) is 0 Å². The molecule has 118 valence electrons. The van der Waals surface area contributed by atoms with Gasteiger partial charge >= 0.3 is 0 Å². The fourth-order valence-corrected chi connectivity index (χ4v) is 3.19. The van der Waals surface area contributed by atoms with Gasteiger partial charge in [0.1, 0.15) is 17.6 Å². The lowest BCUT2D eigenvalue weighted by Gasteiger charge is -2.25. The third kappa shape index (κ3) is 2.53. The number of halogens is 1. The van der Waals surface area contributed by atoms with Crippen LogP contribution in [0.3, 0.4) is 0 Å². The summed E-state index contributed by atoms with van der Waals surface area (Å²) in [6, 6.07) is 3.09. The number of hydrogen-bond donors (Lipinski definition) is 2. The highest BCUT2D eigenvalue weighted by atomic mass is 19.1. The highest BCUT2D eigenvalue weighted by Gasteiger charge is 2.41. The molecule has 1 heterocycles. The van der Waals surface area contributed by atoms with Gasteiger partial charge in [-0.3, -0.25) is 4.79 Å². The van der Waals surface area contributed by atoms with Gasteiger partial charge in [0.05, 0.1) is 6.61 Å². The van der Waals surface area contributed by atoms with Gasteiger partial charge in [0.2, 0.25) is 5.91 Å². The smallest absolute Gasteiger partial charge is 0.247 e. The summed E-state index contributed by atoms with van der Waals surface area (Å²) in [6.07, 6.45) is 2.41. The molecule has 1 saturated heterocycles. The van der Waals surface area contributed by atoms with Gasteiger partial charge in [0, 0.05) is 24.6 Å². The number of hydrogen-bond acceptors (Lipinski definition) is 4. The van der Waals surface area contributed by atoms with E-state index in [1.807, 2.05) is 0 Å². The molecule has 3 rings (SSSR count). The summed E-state index contributed by atoms with van der Waals surface area (Å²) in [5, 5.41) is 5.77. The molecule has 1 aliphatic carbocycles. The molecule has 0 radical (unpaired) electrons. The Hall–Kier alpha value is -1.79. The van der Waals surface area contributed by atoms with Crippen molar-refractivity contribution in [1.82, 2.24) is 5.32 Å². The molecule has 0 bridgehead atoms. The van der Waals surface area contributed by atoms with Crippen molar-refractivity contribution in [2.45, 2.75) is 24.8 Å². The van der Waals surface area contributed by atoms with Crippen LogP contribution in [0.5, 0.6) is 0 Å². The lowest BCUT2D eigenvalue weighted by Crippen LogP contribution is -2.53. The summed E-state index contributed by atoms with van der Waals surface area (Å²) in [5.74, 6) is -0.752. The van der Waals surface area contributed by atoms with Crippen molar-refractivity contribution < 1.29 is 18.7 Å². The molecule has 0 aromatic heterocycles. The third-order valence-electron chi connectivity index (χ3n) is 4.62. The number of nitrogens with one attached hydrogen (secondary N) is 2. The zero-order valence-electron chi connectivity index (χ0n) is 12.4. The average Bonchev–Trinajstić information content (AvgIpc) is 3.14. The maximum atomic E-state index is 14.2. The van der Waals surface area contributed by atoms with Crippen LogP contribution < -0.4 is 10.6 Å².